The van der Waals surface area contributed by atoms with Crippen molar-refractivity contribution in [3.8, 4) is 0 Å². The molecular weight excluding hydrogens is 334 g/mol. The maximum Gasteiger partial charge on any atom is 0.348 e. The van der Waals surface area contributed by atoms with Gasteiger partial charge >= 0.3 is 5.97 Å². The molecule has 1 N–H and O–H groups in total. The lowest BCUT2D eigenvalue weighted by Gasteiger charge is -2.16. The van der Waals surface area contributed by atoms with Crippen molar-refractivity contribution in [2.45, 2.75) is 39.2 Å². The van der Waals surface area contributed by atoms with Crippen molar-refractivity contribution in [2.75, 3.05) is 6.61 Å². The number of carbonyl (C=O) groups excluding carboxylic acids is 2. The van der Waals surface area contributed by atoms with Crippen molar-refractivity contribution >= 4 is 23.2 Å². The minimum atomic E-state index is -0.408. The van der Waals surface area contributed by atoms with Crippen LogP contribution in [0.4, 0.5) is 0 Å². The number of nitrogens with one attached hydrogen (secondary N) is 1. The number of hydrogen-bond donors (Lipinski definition) is 1. The Hall–Kier alpha value is -2.14. The maximum absolute atomic E-state index is 12.2. The van der Waals surface area contributed by atoms with Crippen LogP contribution in [-0.4, -0.2) is 18.5 Å². The third-order valence-corrected chi connectivity index (χ3v) is 5.76. The molecule has 0 aliphatic heterocycles. The SMILES string of the molecule is CC1CCc2sc(C(=O)OCC(=O)NC(C)c3ccccc3)cc2C1. The molecule has 1 aromatic carbocycles. The van der Waals surface area contributed by atoms with Crippen molar-refractivity contribution in [1.82, 2.24) is 5.32 Å². The van der Waals surface area contributed by atoms with Gasteiger partial charge in [0.05, 0.1) is 6.04 Å². The van der Waals surface area contributed by atoms with Crippen LogP contribution < -0.4 is 5.32 Å². The predicted octanol–water partition coefficient (Wildman–Crippen LogP) is 3.91. The highest BCUT2D eigenvalue weighted by atomic mass is 32.1. The first-order valence-electron chi connectivity index (χ1n) is 8.66. The van der Waals surface area contributed by atoms with Gasteiger partial charge in [0.15, 0.2) is 6.61 Å². The summed E-state index contributed by atoms with van der Waals surface area (Å²) in [5.74, 6) is -0.0366. The largest absolute Gasteiger partial charge is 0.451 e. The lowest BCUT2D eigenvalue weighted by molar-refractivity contribution is -0.124. The number of thiophene rings is 1. The second kappa shape index (κ2) is 7.83. The van der Waals surface area contributed by atoms with Crippen LogP contribution in [-0.2, 0) is 22.4 Å². The fourth-order valence-electron chi connectivity index (χ4n) is 3.12. The second-order valence-corrected chi connectivity index (χ2v) is 7.82. The third-order valence-electron chi connectivity index (χ3n) is 4.54. The minimum Gasteiger partial charge on any atom is -0.451 e. The predicted molar refractivity (Wildman–Crippen MR) is 98.8 cm³/mol. The van der Waals surface area contributed by atoms with Gasteiger partial charge < -0.3 is 10.1 Å². The van der Waals surface area contributed by atoms with Crippen LogP contribution >= 0.6 is 11.3 Å². The number of hydrogen-bond acceptors (Lipinski definition) is 4. The number of aryl methyl sites for hydroxylation is 1. The Bertz CT molecular complexity index is 754. The fourth-order valence-corrected chi connectivity index (χ4v) is 4.22. The number of esters is 1. The van der Waals surface area contributed by atoms with Crippen molar-refractivity contribution in [3.63, 3.8) is 0 Å². The molecule has 1 aliphatic rings. The van der Waals surface area contributed by atoms with Gasteiger partial charge in [-0.25, -0.2) is 4.79 Å². The minimum absolute atomic E-state index is 0.122. The van der Waals surface area contributed by atoms with Gasteiger partial charge in [0, 0.05) is 4.88 Å². The summed E-state index contributed by atoms with van der Waals surface area (Å²) in [4.78, 5) is 26.1. The standard InChI is InChI=1S/C20H23NO3S/c1-13-8-9-17-16(10-13)11-18(25-17)20(23)24-12-19(22)21-14(2)15-6-4-3-5-7-15/h3-7,11,13-14H,8-10,12H2,1-2H3,(H,21,22). The molecule has 1 amide bonds. The molecule has 2 aromatic rings. The summed E-state index contributed by atoms with van der Waals surface area (Å²) in [6.07, 6.45) is 3.22. The number of rotatable bonds is 5. The third kappa shape index (κ3) is 4.48. The molecule has 0 fully saturated rings. The van der Waals surface area contributed by atoms with Crippen molar-refractivity contribution in [1.29, 1.82) is 0 Å². The van der Waals surface area contributed by atoms with Gasteiger partial charge in [0.2, 0.25) is 0 Å². The average Bonchev–Trinajstić information content (AvgIpc) is 3.03. The Morgan fingerprint density at radius 2 is 2.08 bits per heavy atom. The molecule has 5 heteroatoms. The van der Waals surface area contributed by atoms with Gasteiger partial charge in [-0.15, -0.1) is 11.3 Å². The van der Waals surface area contributed by atoms with Crippen LogP contribution in [0, 0.1) is 5.92 Å². The Kier molecular flexibility index (Phi) is 5.53. The Morgan fingerprint density at radius 1 is 1.32 bits per heavy atom. The molecule has 0 spiro atoms. The lowest BCUT2D eigenvalue weighted by Crippen LogP contribution is -2.31. The number of fused-ring (bicyclic) bond motifs is 1. The van der Waals surface area contributed by atoms with Gasteiger partial charge in [-0.05, 0) is 49.3 Å². The molecule has 1 aromatic heterocycles. The van der Waals surface area contributed by atoms with Crippen LogP contribution in [0.2, 0.25) is 0 Å². The van der Waals surface area contributed by atoms with E-state index in [1.165, 1.54) is 28.2 Å². The first-order valence-corrected chi connectivity index (χ1v) is 9.47. The van der Waals surface area contributed by atoms with Crippen molar-refractivity contribution in [3.05, 3.63) is 57.3 Å². The zero-order valence-electron chi connectivity index (χ0n) is 14.6. The summed E-state index contributed by atoms with van der Waals surface area (Å²) in [6, 6.07) is 11.5. The van der Waals surface area contributed by atoms with Crippen LogP contribution in [0.1, 0.15) is 52.0 Å². The molecule has 25 heavy (non-hydrogen) atoms. The van der Waals surface area contributed by atoms with E-state index >= 15 is 0 Å². The monoisotopic (exact) mass is 357 g/mol. The normalized spacial score (nSPS) is 17.4. The molecule has 132 valence electrons. The van der Waals surface area contributed by atoms with Gasteiger partial charge in [0.25, 0.3) is 5.91 Å². The van der Waals surface area contributed by atoms with E-state index in [1.807, 2.05) is 43.3 Å². The van der Waals surface area contributed by atoms with Gasteiger partial charge in [-0.1, -0.05) is 37.3 Å². The quantitative estimate of drug-likeness (QED) is 0.826. The molecule has 2 unspecified atom stereocenters. The Balaban J connectivity index is 1.51. The summed E-state index contributed by atoms with van der Waals surface area (Å²) < 4.78 is 5.19. The van der Waals surface area contributed by atoms with E-state index in [0.717, 1.165) is 18.4 Å². The Labute approximate surface area is 152 Å². The van der Waals surface area contributed by atoms with Crippen LogP contribution in [0.3, 0.4) is 0 Å². The zero-order valence-corrected chi connectivity index (χ0v) is 15.4. The van der Waals surface area contributed by atoms with Crippen molar-refractivity contribution < 1.29 is 14.3 Å². The number of ether oxygens (including phenoxy) is 1. The summed E-state index contributed by atoms with van der Waals surface area (Å²) in [6.45, 7) is 3.88. The molecular formula is C20H23NO3S. The summed E-state index contributed by atoms with van der Waals surface area (Å²) >= 11 is 1.50. The fraction of sp³-hybridized carbons (Fsp3) is 0.400. The maximum atomic E-state index is 12.2. The van der Waals surface area contributed by atoms with E-state index in [9.17, 15) is 9.59 Å². The van der Waals surface area contributed by atoms with Crippen LogP contribution in [0.5, 0.6) is 0 Å². The molecule has 2 atom stereocenters. The van der Waals surface area contributed by atoms with E-state index in [-0.39, 0.29) is 18.6 Å². The van der Waals surface area contributed by atoms with E-state index in [4.69, 9.17) is 4.74 Å². The second-order valence-electron chi connectivity index (χ2n) is 6.68. The number of amides is 1. The molecule has 1 aliphatic carbocycles. The summed E-state index contributed by atoms with van der Waals surface area (Å²) in [5.41, 5.74) is 2.28. The highest BCUT2D eigenvalue weighted by molar-refractivity contribution is 7.14. The van der Waals surface area contributed by atoms with Crippen LogP contribution in [0.15, 0.2) is 36.4 Å². The van der Waals surface area contributed by atoms with E-state index in [1.54, 1.807) is 0 Å². The first-order chi connectivity index (χ1) is 12.0. The van der Waals surface area contributed by atoms with Gasteiger partial charge in [-0.3, -0.25) is 4.79 Å². The summed E-state index contributed by atoms with van der Waals surface area (Å²) in [5, 5.41) is 2.84. The van der Waals surface area contributed by atoms with E-state index in [2.05, 4.69) is 12.2 Å². The van der Waals surface area contributed by atoms with Crippen molar-refractivity contribution in [2.24, 2.45) is 5.92 Å². The van der Waals surface area contributed by atoms with E-state index in [0.29, 0.717) is 10.8 Å². The first kappa shape index (κ1) is 17.7. The smallest absolute Gasteiger partial charge is 0.348 e. The van der Waals surface area contributed by atoms with Gasteiger partial charge in [-0.2, -0.15) is 0 Å². The number of benzene rings is 1. The molecule has 0 saturated heterocycles. The van der Waals surface area contributed by atoms with Gasteiger partial charge in [0.1, 0.15) is 4.88 Å². The highest BCUT2D eigenvalue weighted by Crippen LogP contribution is 2.32. The van der Waals surface area contributed by atoms with E-state index < -0.39 is 5.97 Å². The molecule has 0 saturated carbocycles. The Morgan fingerprint density at radius 3 is 2.84 bits per heavy atom. The average molecular weight is 357 g/mol. The molecule has 3 rings (SSSR count). The topological polar surface area (TPSA) is 55.4 Å². The lowest BCUT2D eigenvalue weighted by atomic mass is 9.90. The highest BCUT2D eigenvalue weighted by Gasteiger charge is 2.22. The molecule has 0 radical (unpaired) electrons. The summed E-state index contributed by atoms with van der Waals surface area (Å²) in [7, 11) is 0. The number of carbonyl (C=O) groups is 2. The molecule has 1 heterocycles. The zero-order chi connectivity index (χ0) is 17.8. The molecule has 0 bridgehead atoms. The molecule has 4 nitrogen and oxygen atoms in total. The van der Waals surface area contributed by atoms with Crippen LogP contribution in [0.25, 0.3) is 0 Å².